The molecule has 0 N–H and O–H groups in total. The number of Topliss-reactive ketones (excluding diaryl/α,β-unsaturated/α-hetero) is 1. The fraction of sp³-hybridized carbons (Fsp3) is 0.115. The number of cyclic esters (lactones) is 1. The van der Waals surface area contributed by atoms with Crippen molar-refractivity contribution < 1.29 is 28.6 Å². The van der Waals surface area contributed by atoms with Crippen LogP contribution in [0.4, 0.5) is 0 Å². The van der Waals surface area contributed by atoms with E-state index in [0.717, 1.165) is 5.56 Å². The van der Waals surface area contributed by atoms with Crippen molar-refractivity contribution >= 4 is 35.2 Å². The fourth-order valence-electron chi connectivity index (χ4n) is 4.25. The van der Waals surface area contributed by atoms with E-state index in [1.54, 1.807) is 42.5 Å². The molecule has 33 heavy (non-hydrogen) atoms. The fourth-order valence-corrected chi connectivity index (χ4v) is 4.38. The summed E-state index contributed by atoms with van der Waals surface area (Å²) in [5.41, 5.74) is 0.384. The minimum absolute atomic E-state index is 0.0808. The molecule has 3 aromatic carbocycles. The number of halogens is 1. The second-order valence-electron chi connectivity index (χ2n) is 7.64. The number of ether oxygens (including phenoxy) is 3. The van der Waals surface area contributed by atoms with Crippen LogP contribution in [0.1, 0.15) is 16.7 Å². The maximum absolute atomic E-state index is 13.3. The van der Waals surface area contributed by atoms with E-state index >= 15 is 0 Å². The number of ketones is 1. The van der Waals surface area contributed by atoms with Gasteiger partial charge < -0.3 is 14.2 Å². The lowest BCUT2D eigenvalue weighted by Gasteiger charge is -2.28. The van der Waals surface area contributed by atoms with Gasteiger partial charge in [0.25, 0.3) is 0 Å². The Morgan fingerprint density at radius 3 is 2.42 bits per heavy atom. The first kappa shape index (κ1) is 21.0. The number of carbonyl (C=O) groups excluding carboxylic acids is 3. The SMILES string of the molecule is O=CC(=O)C1(c2ccc(Cl)cc2)OC(=O)C(c2ccc3c(c2)OCO3)=C1Cc1ccccc1. The van der Waals surface area contributed by atoms with Gasteiger partial charge in [0.05, 0.1) is 5.57 Å². The van der Waals surface area contributed by atoms with Gasteiger partial charge in [-0.3, -0.25) is 9.59 Å². The first-order valence-corrected chi connectivity index (χ1v) is 10.6. The first-order chi connectivity index (χ1) is 16.0. The lowest BCUT2D eigenvalue weighted by Crippen LogP contribution is -2.40. The Labute approximate surface area is 194 Å². The predicted octanol–water partition coefficient (Wildman–Crippen LogP) is 4.29. The van der Waals surface area contributed by atoms with Crippen LogP contribution in [0.25, 0.3) is 5.57 Å². The third-order valence-corrected chi connectivity index (χ3v) is 6.02. The molecule has 0 amide bonds. The number of aldehydes is 1. The van der Waals surface area contributed by atoms with Crippen LogP contribution in [0.5, 0.6) is 11.5 Å². The monoisotopic (exact) mass is 460 g/mol. The average molecular weight is 461 g/mol. The summed E-state index contributed by atoms with van der Waals surface area (Å²) in [5.74, 6) is -0.536. The van der Waals surface area contributed by atoms with Crippen molar-refractivity contribution in [3.8, 4) is 11.5 Å². The highest BCUT2D eigenvalue weighted by Crippen LogP contribution is 2.48. The van der Waals surface area contributed by atoms with Crippen molar-refractivity contribution in [1.29, 1.82) is 0 Å². The van der Waals surface area contributed by atoms with Gasteiger partial charge in [0.15, 0.2) is 17.8 Å². The number of rotatable bonds is 6. The van der Waals surface area contributed by atoms with Crippen molar-refractivity contribution in [1.82, 2.24) is 0 Å². The van der Waals surface area contributed by atoms with E-state index in [-0.39, 0.29) is 25.1 Å². The van der Waals surface area contributed by atoms with E-state index in [1.807, 2.05) is 30.3 Å². The van der Waals surface area contributed by atoms with E-state index < -0.39 is 17.4 Å². The normalized spacial score (nSPS) is 18.9. The molecule has 2 aliphatic rings. The molecule has 0 bridgehead atoms. The molecule has 5 rings (SSSR count). The minimum atomic E-state index is -1.90. The Kier molecular flexibility index (Phi) is 5.23. The topological polar surface area (TPSA) is 78.9 Å². The van der Waals surface area contributed by atoms with E-state index in [9.17, 15) is 14.4 Å². The Balaban J connectivity index is 1.77. The predicted molar refractivity (Wildman–Crippen MR) is 120 cm³/mol. The summed E-state index contributed by atoms with van der Waals surface area (Å²) in [4.78, 5) is 38.3. The number of carbonyl (C=O) groups is 3. The second-order valence-corrected chi connectivity index (χ2v) is 8.08. The van der Waals surface area contributed by atoms with Crippen LogP contribution >= 0.6 is 11.6 Å². The zero-order chi connectivity index (χ0) is 23.0. The van der Waals surface area contributed by atoms with Crippen molar-refractivity contribution in [3.63, 3.8) is 0 Å². The van der Waals surface area contributed by atoms with E-state index in [2.05, 4.69) is 0 Å². The van der Waals surface area contributed by atoms with Crippen molar-refractivity contribution in [2.45, 2.75) is 12.0 Å². The molecule has 0 aromatic heterocycles. The van der Waals surface area contributed by atoms with Gasteiger partial charge in [-0.05, 0) is 41.8 Å². The molecule has 0 fully saturated rings. The van der Waals surface area contributed by atoms with Crippen LogP contribution in [0, 0.1) is 0 Å². The van der Waals surface area contributed by atoms with Crippen LogP contribution < -0.4 is 9.47 Å². The van der Waals surface area contributed by atoms with Crippen LogP contribution in [0.2, 0.25) is 5.02 Å². The standard InChI is InChI=1S/C26H17ClO6/c27-19-9-7-18(8-10-19)26(23(29)14-28)20(12-16-4-2-1-3-5-16)24(25(30)33-26)17-6-11-21-22(13-17)32-15-31-21/h1-11,13-14H,12,15H2. The first-order valence-electron chi connectivity index (χ1n) is 10.2. The van der Waals surface area contributed by atoms with Crippen molar-refractivity contribution in [3.05, 3.63) is 100 Å². The summed E-state index contributed by atoms with van der Waals surface area (Å²) in [6.45, 7) is 0.0808. The number of esters is 1. The lowest BCUT2D eigenvalue weighted by atomic mass is 9.78. The number of benzene rings is 3. The molecule has 7 heteroatoms. The smallest absolute Gasteiger partial charge is 0.340 e. The molecule has 1 atom stereocenters. The van der Waals surface area contributed by atoms with Crippen LogP contribution in [-0.2, 0) is 31.1 Å². The average Bonchev–Trinajstić information content (AvgIpc) is 3.42. The lowest BCUT2D eigenvalue weighted by molar-refractivity contribution is -0.157. The Morgan fingerprint density at radius 2 is 1.70 bits per heavy atom. The van der Waals surface area contributed by atoms with E-state index in [4.69, 9.17) is 25.8 Å². The van der Waals surface area contributed by atoms with E-state index in [1.165, 1.54) is 0 Å². The van der Waals surface area contributed by atoms with Gasteiger partial charge in [-0.25, -0.2) is 4.79 Å². The molecule has 2 heterocycles. The molecular formula is C26H17ClO6. The molecule has 0 saturated heterocycles. The van der Waals surface area contributed by atoms with Gasteiger partial charge in [0.1, 0.15) is 0 Å². The van der Waals surface area contributed by atoms with Gasteiger partial charge >= 0.3 is 5.97 Å². The Hall–Kier alpha value is -3.90. The number of fused-ring (bicyclic) bond motifs is 1. The maximum atomic E-state index is 13.3. The molecule has 164 valence electrons. The molecule has 3 aromatic rings. The molecule has 0 aliphatic carbocycles. The Bertz CT molecular complexity index is 1300. The zero-order valence-corrected chi connectivity index (χ0v) is 18.0. The third-order valence-electron chi connectivity index (χ3n) is 5.77. The molecular weight excluding hydrogens is 444 g/mol. The maximum Gasteiger partial charge on any atom is 0.340 e. The van der Waals surface area contributed by atoms with Crippen molar-refractivity contribution in [2.75, 3.05) is 6.79 Å². The van der Waals surface area contributed by atoms with Crippen LogP contribution in [0.3, 0.4) is 0 Å². The highest BCUT2D eigenvalue weighted by atomic mass is 35.5. The molecule has 0 spiro atoms. The third kappa shape index (κ3) is 3.49. The second kappa shape index (κ2) is 8.22. The van der Waals surface area contributed by atoms with Gasteiger partial charge in [0.2, 0.25) is 18.2 Å². The molecule has 2 aliphatic heterocycles. The van der Waals surface area contributed by atoms with Gasteiger partial charge in [0, 0.05) is 16.2 Å². The number of hydrogen-bond donors (Lipinski definition) is 0. The largest absolute Gasteiger partial charge is 0.454 e. The summed E-state index contributed by atoms with van der Waals surface area (Å²) in [6.07, 6.45) is 0.397. The van der Waals surface area contributed by atoms with Crippen molar-refractivity contribution in [2.24, 2.45) is 0 Å². The summed E-state index contributed by atoms with van der Waals surface area (Å²) < 4.78 is 16.6. The van der Waals surface area contributed by atoms with Crippen LogP contribution in [-0.4, -0.2) is 24.8 Å². The van der Waals surface area contributed by atoms with E-state index in [0.29, 0.717) is 33.2 Å². The number of hydrogen-bond acceptors (Lipinski definition) is 6. The summed E-state index contributed by atoms with van der Waals surface area (Å²) in [6, 6.07) is 20.8. The Morgan fingerprint density at radius 1 is 0.970 bits per heavy atom. The van der Waals surface area contributed by atoms with Gasteiger partial charge in [-0.15, -0.1) is 0 Å². The van der Waals surface area contributed by atoms with Gasteiger partial charge in [-0.1, -0.05) is 60.1 Å². The zero-order valence-electron chi connectivity index (χ0n) is 17.2. The highest BCUT2D eigenvalue weighted by Gasteiger charge is 2.54. The molecule has 0 saturated carbocycles. The summed E-state index contributed by atoms with van der Waals surface area (Å²) in [7, 11) is 0. The molecule has 0 radical (unpaired) electrons. The quantitative estimate of drug-likeness (QED) is 0.310. The highest BCUT2D eigenvalue weighted by molar-refractivity contribution is 6.34. The summed E-state index contributed by atoms with van der Waals surface area (Å²) >= 11 is 6.05. The minimum Gasteiger partial charge on any atom is -0.454 e. The molecule has 1 unspecified atom stereocenters. The summed E-state index contributed by atoms with van der Waals surface area (Å²) in [5, 5.41) is 0.446. The van der Waals surface area contributed by atoms with Gasteiger partial charge in [-0.2, -0.15) is 0 Å². The van der Waals surface area contributed by atoms with Crippen LogP contribution in [0.15, 0.2) is 78.4 Å². The molecule has 6 nitrogen and oxygen atoms in total.